The maximum Gasteiger partial charge on any atom is 0.317 e. The van der Waals surface area contributed by atoms with Gasteiger partial charge < -0.3 is 27.4 Å². The molecule has 0 spiro atoms. The summed E-state index contributed by atoms with van der Waals surface area (Å²) in [6, 6.07) is 2.29. The predicted molar refractivity (Wildman–Crippen MR) is 80.5 cm³/mol. The molecule has 0 aromatic carbocycles. The molecule has 1 saturated heterocycles. The monoisotopic (exact) mass is 382 g/mol. The third-order valence-corrected chi connectivity index (χ3v) is 3.37. The molecule has 0 aliphatic carbocycles. The van der Waals surface area contributed by atoms with Crippen LogP contribution in [0.1, 0.15) is 31.2 Å². The van der Waals surface area contributed by atoms with Gasteiger partial charge in [0.1, 0.15) is 6.10 Å². The van der Waals surface area contributed by atoms with E-state index in [1.807, 2.05) is 13.0 Å². The Hall–Kier alpha value is -0.296. The van der Waals surface area contributed by atoms with Crippen molar-refractivity contribution in [3.8, 4) is 6.01 Å². The van der Waals surface area contributed by atoms with E-state index in [-0.39, 0.29) is 38.8 Å². The number of nitrogens with zero attached hydrogens (tertiary/aromatic N) is 3. The van der Waals surface area contributed by atoms with Crippen molar-refractivity contribution in [3.63, 3.8) is 0 Å². The van der Waals surface area contributed by atoms with Crippen LogP contribution in [-0.4, -0.2) is 36.3 Å². The summed E-state index contributed by atoms with van der Waals surface area (Å²) in [6.45, 7) is 3.50. The number of ether oxygens (including phenoxy) is 2. The summed E-state index contributed by atoms with van der Waals surface area (Å²) < 4.78 is 11.2. The first kappa shape index (κ1) is 18.8. The molecule has 0 saturated carbocycles. The van der Waals surface area contributed by atoms with Gasteiger partial charge in [-0.05, 0) is 12.5 Å². The Labute approximate surface area is 156 Å². The molecule has 1 aromatic rings. The van der Waals surface area contributed by atoms with E-state index in [0.29, 0.717) is 16.6 Å². The van der Waals surface area contributed by atoms with E-state index in [9.17, 15) is 0 Å². The van der Waals surface area contributed by atoms with Crippen LogP contribution in [0.3, 0.4) is 0 Å². The van der Waals surface area contributed by atoms with E-state index >= 15 is 0 Å². The number of aryl methyl sites for hydroxylation is 1. The first-order chi connectivity index (χ1) is 9.72. The molecular weight excluding hydrogens is 363 g/mol. The Bertz CT molecular complexity index is 479. The van der Waals surface area contributed by atoms with Gasteiger partial charge in [0.15, 0.2) is 0 Å². The normalized spacial score (nSPS) is 16.2. The largest absolute Gasteiger partial charge is 0.779 e. The van der Waals surface area contributed by atoms with Gasteiger partial charge >= 0.3 is 6.01 Å². The average Bonchev–Trinajstić information content (AvgIpc) is 2.48. The molecule has 7 heteroatoms. The van der Waals surface area contributed by atoms with Crippen LogP contribution in [0.2, 0.25) is 0 Å². The minimum absolute atomic E-state index is 0. The quantitative estimate of drug-likeness (QED) is 0.733. The van der Waals surface area contributed by atoms with Gasteiger partial charge in [-0.2, -0.15) is 16.1 Å². The van der Waals surface area contributed by atoms with E-state index in [1.165, 1.54) is 0 Å². The molecule has 1 radical (unpaired) electrons. The summed E-state index contributed by atoms with van der Waals surface area (Å²) in [5.41, 5.74) is 1.61. The van der Waals surface area contributed by atoms with Gasteiger partial charge in [-0.3, -0.25) is 0 Å². The zero-order valence-electron chi connectivity index (χ0n) is 12.4. The second-order valence-corrected chi connectivity index (χ2v) is 5.00. The molecule has 0 amide bonds. The molecule has 0 N–H and O–H groups in total. The Balaban J connectivity index is 0.00000220. The van der Waals surface area contributed by atoms with Crippen LogP contribution in [-0.2, 0) is 56.5 Å². The van der Waals surface area contributed by atoms with Gasteiger partial charge in [-0.1, -0.05) is 6.92 Å². The maximum atomic E-state index is 5.86. The molecule has 1 aliphatic heterocycles. The third-order valence-electron chi connectivity index (χ3n) is 3.06. The van der Waals surface area contributed by atoms with Crippen LogP contribution in [0.25, 0.3) is 10.2 Å². The predicted octanol–water partition coefficient (Wildman–Crippen LogP) is 2.44. The molecule has 2 heterocycles. The van der Waals surface area contributed by atoms with Crippen LogP contribution < -0.4 is 4.74 Å². The van der Waals surface area contributed by atoms with E-state index in [2.05, 4.69) is 15.3 Å². The number of hydrogen-bond acceptors (Lipinski definition) is 5. The van der Waals surface area contributed by atoms with Crippen LogP contribution >= 0.6 is 0 Å². The molecule has 1 aliphatic rings. The standard InChI is InChI=1S/C14H20N3O2S.Y/c1-3-10-8-12(13(20)9-15-2)17-14(16-10)19-11-4-6-18-7-5-11;/h8-9,11H,3-7H2,1-2H3,(H-,15,16,17,20);/q-1;/p-1. The van der Waals surface area contributed by atoms with Crippen molar-refractivity contribution in [2.45, 2.75) is 32.3 Å². The molecule has 0 atom stereocenters. The van der Waals surface area contributed by atoms with Crippen LogP contribution in [0.5, 0.6) is 6.01 Å². The molecular formula is C14H19N3O2SY-2. The molecule has 1 aromatic heterocycles. The van der Waals surface area contributed by atoms with Crippen LogP contribution in [0.4, 0.5) is 0 Å². The summed E-state index contributed by atoms with van der Waals surface area (Å²) in [5, 5.41) is 3.93. The Kier molecular flexibility index (Phi) is 8.63. The fourth-order valence-corrected chi connectivity index (χ4v) is 2.17. The summed E-state index contributed by atoms with van der Waals surface area (Å²) in [6.07, 6.45) is 4.30. The first-order valence-corrected chi connectivity index (χ1v) is 7.22. The summed E-state index contributed by atoms with van der Waals surface area (Å²) in [5.74, 6) is 0. The Morgan fingerprint density at radius 2 is 2.19 bits per heavy atom. The second-order valence-electron chi connectivity index (χ2n) is 4.56. The topological polar surface area (TPSA) is 58.3 Å². The molecule has 21 heavy (non-hydrogen) atoms. The van der Waals surface area contributed by atoms with Gasteiger partial charge in [0.2, 0.25) is 0 Å². The van der Waals surface area contributed by atoms with E-state index in [1.54, 1.807) is 13.2 Å². The molecule has 1 fully saturated rings. The van der Waals surface area contributed by atoms with Gasteiger partial charge in [0, 0.05) is 56.9 Å². The minimum atomic E-state index is 0. The summed E-state index contributed by atoms with van der Waals surface area (Å²) in [7, 11) is 1.69. The second kappa shape index (κ2) is 9.67. The van der Waals surface area contributed by atoms with Crippen molar-refractivity contribution < 1.29 is 42.2 Å². The molecule has 0 unspecified atom stereocenters. The van der Waals surface area contributed by atoms with Crippen molar-refractivity contribution in [1.29, 1.82) is 0 Å². The number of hydrogen-bond donors (Lipinski definition) is 0. The fraction of sp³-hybridized carbons (Fsp3) is 0.571. The maximum absolute atomic E-state index is 5.86. The van der Waals surface area contributed by atoms with Crippen molar-refractivity contribution >= 4 is 17.5 Å². The zero-order chi connectivity index (χ0) is 14.4. The minimum Gasteiger partial charge on any atom is -0.779 e. The smallest absolute Gasteiger partial charge is 0.317 e. The van der Waals surface area contributed by atoms with Gasteiger partial charge in [0.05, 0.1) is 13.2 Å². The third kappa shape index (κ3) is 5.77. The van der Waals surface area contributed by atoms with Crippen molar-refractivity contribution in [1.82, 2.24) is 9.97 Å². The van der Waals surface area contributed by atoms with E-state index in [0.717, 1.165) is 38.2 Å². The summed E-state index contributed by atoms with van der Waals surface area (Å²) >= 11 is 5.28. The van der Waals surface area contributed by atoms with E-state index in [4.69, 9.17) is 22.1 Å². The Morgan fingerprint density at radius 1 is 1.48 bits per heavy atom. The van der Waals surface area contributed by atoms with Gasteiger partial charge in [-0.15, -0.1) is 7.05 Å². The Morgan fingerprint density at radius 3 is 2.81 bits per heavy atom. The average molecular weight is 382 g/mol. The zero-order valence-corrected chi connectivity index (χ0v) is 16.1. The van der Waals surface area contributed by atoms with Crippen LogP contribution in [0, 0.1) is 0 Å². The van der Waals surface area contributed by atoms with Crippen molar-refractivity contribution in [2.75, 3.05) is 20.3 Å². The first-order valence-electron chi connectivity index (χ1n) is 6.81. The van der Waals surface area contributed by atoms with E-state index < -0.39 is 0 Å². The number of rotatable bonds is 5. The fourth-order valence-electron chi connectivity index (χ4n) is 1.96. The van der Waals surface area contributed by atoms with Crippen molar-refractivity contribution in [2.24, 2.45) is 0 Å². The van der Waals surface area contributed by atoms with Gasteiger partial charge in [-0.25, -0.2) is 4.98 Å². The SMILES string of the molecule is CCc1cc(/C([S-])=C/[N-]C)nc(OC2CCOCC2)n1.[Y]. The molecule has 0 bridgehead atoms. The summed E-state index contributed by atoms with van der Waals surface area (Å²) in [4.78, 5) is 9.40. The van der Waals surface area contributed by atoms with Crippen LogP contribution in [0.15, 0.2) is 12.3 Å². The molecule has 2 rings (SSSR count). The van der Waals surface area contributed by atoms with Crippen molar-refractivity contribution in [3.05, 3.63) is 29.0 Å². The molecule has 5 nitrogen and oxygen atoms in total. The van der Waals surface area contributed by atoms with Gasteiger partial charge in [0.25, 0.3) is 0 Å². The molecule has 113 valence electrons. The number of aromatic nitrogens is 2.